The van der Waals surface area contributed by atoms with Gasteiger partial charge in [0, 0.05) is 49.5 Å². The molecule has 0 aliphatic carbocycles. The molecule has 0 bridgehead atoms. The predicted octanol–water partition coefficient (Wildman–Crippen LogP) is 3.95. The lowest BCUT2D eigenvalue weighted by atomic mass is 10.0. The van der Waals surface area contributed by atoms with E-state index in [9.17, 15) is 0 Å². The average molecular weight is 395 g/mol. The Morgan fingerprint density at radius 3 is 2.73 bits per heavy atom. The Labute approximate surface area is 167 Å². The van der Waals surface area contributed by atoms with Crippen LogP contribution in [0.2, 0.25) is 5.02 Å². The Balaban J connectivity index is 1.81. The van der Waals surface area contributed by atoms with Crippen molar-refractivity contribution < 1.29 is 0 Å². The smallest absolute Gasteiger partial charge is 0.191 e. The van der Waals surface area contributed by atoms with Gasteiger partial charge in [-0.3, -0.25) is 9.89 Å². The second kappa shape index (κ2) is 10.9. The van der Waals surface area contributed by atoms with Crippen molar-refractivity contribution >= 4 is 29.3 Å². The van der Waals surface area contributed by atoms with Crippen molar-refractivity contribution in [3.8, 4) is 0 Å². The number of likely N-dealkylation sites (tertiary alicyclic amines) is 1. The number of hydrogen-bond acceptors (Lipinski definition) is 3. The van der Waals surface area contributed by atoms with E-state index in [4.69, 9.17) is 11.6 Å². The minimum Gasteiger partial charge on any atom is -0.355 e. The fourth-order valence-corrected chi connectivity index (χ4v) is 4.11. The molecule has 0 saturated carbocycles. The Hall–Kier alpha value is -1.17. The van der Waals surface area contributed by atoms with Crippen LogP contribution in [0.25, 0.3) is 0 Å². The normalized spacial score (nSPS) is 17.8. The maximum absolute atomic E-state index is 6.13. The second-order valence-corrected chi connectivity index (χ2v) is 8.36. The zero-order valence-electron chi connectivity index (χ0n) is 16.1. The van der Waals surface area contributed by atoms with E-state index < -0.39 is 0 Å². The first-order valence-corrected chi connectivity index (χ1v) is 10.8. The highest BCUT2D eigenvalue weighted by Crippen LogP contribution is 2.27. The van der Waals surface area contributed by atoms with E-state index in [1.165, 1.54) is 11.1 Å². The molecule has 1 aliphatic heterocycles. The van der Waals surface area contributed by atoms with E-state index in [1.807, 2.05) is 37.0 Å². The summed E-state index contributed by atoms with van der Waals surface area (Å²) in [7, 11) is 1.83. The summed E-state index contributed by atoms with van der Waals surface area (Å²) in [5.74, 6) is 0.879. The van der Waals surface area contributed by atoms with E-state index in [0.717, 1.165) is 50.0 Å². The average Bonchev–Trinajstić information content (AvgIpc) is 2.62. The van der Waals surface area contributed by atoms with E-state index in [0.29, 0.717) is 11.3 Å². The topological polar surface area (TPSA) is 39.7 Å². The fourth-order valence-electron chi connectivity index (χ4n) is 3.24. The maximum atomic E-state index is 6.13. The molecule has 1 aliphatic rings. The molecule has 0 amide bonds. The van der Waals surface area contributed by atoms with Gasteiger partial charge in [0.15, 0.2) is 5.96 Å². The monoisotopic (exact) mass is 394 g/mol. The molecule has 2 rings (SSSR count). The van der Waals surface area contributed by atoms with Gasteiger partial charge < -0.3 is 10.6 Å². The van der Waals surface area contributed by atoms with Crippen molar-refractivity contribution in [2.45, 2.75) is 31.1 Å². The summed E-state index contributed by atoms with van der Waals surface area (Å²) in [6.45, 7) is 10.1. The molecule has 0 aromatic heterocycles. The number of halogens is 1. The molecule has 1 unspecified atom stereocenters. The zero-order chi connectivity index (χ0) is 18.9. The molecule has 1 saturated heterocycles. The van der Waals surface area contributed by atoms with Gasteiger partial charge in [-0.15, -0.1) is 0 Å². The minimum absolute atomic E-state index is 0.338. The van der Waals surface area contributed by atoms with Gasteiger partial charge in [0.2, 0.25) is 0 Å². The summed E-state index contributed by atoms with van der Waals surface area (Å²) in [4.78, 5) is 6.87. The summed E-state index contributed by atoms with van der Waals surface area (Å²) in [5, 5.41) is 8.17. The lowest BCUT2D eigenvalue weighted by Crippen LogP contribution is -2.49. The second-order valence-electron chi connectivity index (χ2n) is 6.88. The number of thioether (sulfide) groups is 1. The summed E-state index contributed by atoms with van der Waals surface area (Å²) in [5.41, 5.74) is 2.47. The number of nitrogens with zero attached hydrogens (tertiary/aromatic N) is 2. The highest BCUT2D eigenvalue weighted by molar-refractivity contribution is 7.98. The maximum Gasteiger partial charge on any atom is 0.191 e. The first-order chi connectivity index (χ1) is 12.5. The molecule has 1 heterocycles. The van der Waals surface area contributed by atoms with Crippen molar-refractivity contribution in [3.05, 3.63) is 47.0 Å². The fraction of sp³-hybridized carbons (Fsp3) is 0.550. The third-order valence-corrected chi connectivity index (χ3v) is 5.85. The molecule has 1 atom stereocenters. The van der Waals surface area contributed by atoms with Crippen molar-refractivity contribution in [2.24, 2.45) is 4.99 Å². The van der Waals surface area contributed by atoms with Crippen molar-refractivity contribution in [3.63, 3.8) is 0 Å². The van der Waals surface area contributed by atoms with Crippen LogP contribution in [0, 0.1) is 0 Å². The van der Waals surface area contributed by atoms with Crippen LogP contribution in [0.5, 0.6) is 0 Å². The van der Waals surface area contributed by atoms with E-state index in [1.54, 1.807) is 0 Å². The molecule has 0 spiro atoms. The first kappa shape index (κ1) is 21.1. The van der Waals surface area contributed by atoms with Gasteiger partial charge in [0.05, 0.1) is 0 Å². The van der Waals surface area contributed by atoms with Gasteiger partial charge in [-0.2, -0.15) is 11.8 Å². The summed E-state index contributed by atoms with van der Waals surface area (Å²) in [6, 6.07) is 8.56. The predicted molar refractivity (Wildman–Crippen MR) is 116 cm³/mol. The molecule has 1 aromatic rings. The molecule has 1 aromatic carbocycles. The van der Waals surface area contributed by atoms with Crippen LogP contribution in [0.3, 0.4) is 0 Å². The first-order valence-electron chi connectivity index (χ1n) is 9.14. The quantitative estimate of drug-likeness (QED) is 0.417. The SMILES string of the molecule is C=C(C)CN1CCC(NC(=NC)NCC(SC)c2cccc(Cl)c2)CC1. The number of aliphatic imine (C=N–C) groups is 1. The molecule has 0 radical (unpaired) electrons. The van der Waals surface area contributed by atoms with Gasteiger partial charge in [-0.25, -0.2) is 0 Å². The number of hydrogen-bond donors (Lipinski definition) is 2. The number of nitrogens with one attached hydrogen (secondary N) is 2. The lowest BCUT2D eigenvalue weighted by Gasteiger charge is -2.33. The molecule has 1 fully saturated rings. The Morgan fingerprint density at radius 2 is 2.15 bits per heavy atom. The van der Waals surface area contributed by atoms with Crippen LogP contribution < -0.4 is 10.6 Å². The lowest BCUT2D eigenvalue weighted by molar-refractivity contribution is 0.221. The van der Waals surface area contributed by atoms with Gasteiger partial charge in [-0.1, -0.05) is 35.9 Å². The van der Waals surface area contributed by atoms with E-state index >= 15 is 0 Å². The molecular formula is C20H31ClN4S. The van der Waals surface area contributed by atoms with Gasteiger partial charge in [0.1, 0.15) is 0 Å². The number of guanidine groups is 1. The van der Waals surface area contributed by atoms with E-state index in [-0.39, 0.29) is 0 Å². The highest BCUT2D eigenvalue weighted by Gasteiger charge is 2.20. The number of benzene rings is 1. The Kier molecular flexibility index (Phi) is 8.82. The minimum atomic E-state index is 0.338. The number of rotatable bonds is 7. The third-order valence-electron chi connectivity index (χ3n) is 4.61. The van der Waals surface area contributed by atoms with Gasteiger partial charge >= 0.3 is 0 Å². The molecular weight excluding hydrogens is 364 g/mol. The van der Waals surface area contributed by atoms with Crippen molar-refractivity contribution in [2.75, 3.05) is 39.5 Å². The molecule has 6 heteroatoms. The Morgan fingerprint density at radius 1 is 1.42 bits per heavy atom. The van der Waals surface area contributed by atoms with E-state index in [2.05, 4.69) is 46.4 Å². The van der Waals surface area contributed by atoms with Crippen LogP contribution >= 0.6 is 23.4 Å². The van der Waals surface area contributed by atoms with Crippen LogP contribution in [0.4, 0.5) is 0 Å². The van der Waals surface area contributed by atoms with Gasteiger partial charge in [-0.05, 0) is 43.7 Å². The third kappa shape index (κ3) is 6.86. The molecule has 144 valence electrons. The van der Waals surface area contributed by atoms with Crippen LogP contribution in [0.1, 0.15) is 30.6 Å². The zero-order valence-corrected chi connectivity index (χ0v) is 17.7. The molecule has 26 heavy (non-hydrogen) atoms. The largest absolute Gasteiger partial charge is 0.355 e. The van der Waals surface area contributed by atoms with Crippen LogP contribution in [-0.2, 0) is 0 Å². The Bertz CT molecular complexity index is 612. The summed E-state index contributed by atoms with van der Waals surface area (Å²) >= 11 is 7.95. The van der Waals surface area contributed by atoms with Crippen molar-refractivity contribution in [1.29, 1.82) is 0 Å². The number of piperidine rings is 1. The molecule has 4 nitrogen and oxygen atoms in total. The standard InChI is InChI=1S/C20H31ClN4S/c1-15(2)14-25-10-8-18(9-11-25)24-20(22-3)23-13-19(26-4)16-6-5-7-17(21)12-16/h5-7,12,18-19H,1,8-11,13-14H2,2-4H3,(H2,22,23,24). The van der Waals surface area contributed by atoms with Crippen molar-refractivity contribution in [1.82, 2.24) is 15.5 Å². The molecule has 2 N–H and O–H groups in total. The highest BCUT2D eigenvalue weighted by atomic mass is 35.5. The summed E-state index contributed by atoms with van der Waals surface area (Å²) in [6.07, 6.45) is 4.39. The van der Waals surface area contributed by atoms with Crippen LogP contribution in [-0.4, -0.2) is 56.4 Å². The summed E-state index contributed by atoms with van der Waals surface area (Å²) < 4.78 is 0. The van der Waals surface area contributed by atoms with Gasteiger partial charge in [0.25, 0.3) is 0 Å². The van der Waals surface area contributed by atoms with Crippen LogP contribution in [0.15, 0.2) is 41.4 Å².